The Labute approximate surface area is 118 Å². The molecule has 1 fully saturated rings. The Balaban J connectivity index is 2.00. The van der Waals surface area contributed by atoms with Crippen LogP contribution < -0.4 is 10.3 Å². The predicted octanol–water partition coefficient (Wildman–Crippen LogP) is 2.32. The molecular weight excluding hydrogens is 252 g/mol. The van der Waals surface area contributed by atoms with Crippen molar-refractivity contribution in [3.8, 4) is 0 Å². The third kappa shape index (κ3) is 2.56. The maximum atomic E-state index is 12.2. The van der Waals surface area contributed by atoms with Crippen molar-refractivity contribution < 1.29 is 4.74 Å². The zero-order chi connectivity index (χ0) is 13.9. The first-order valence-corrected chi connectivity index (χ1v) is 7.26. The highest BCUT2D eigenvalue weighted by molar-refractivity contribution is 5.82. The molecule has 0 unspecified atom stereocenters. The number of nitrogens with zero attached hydrogens (tertiary/aromatic N) is 1. The summed E-state index contributed by atoms with van der Waals surface area (Å²) in [6.45, 7) is 5.40. The summed E-state index contributed by atoms with van der Waals surface area (Å²) >= 11 is 0. The molecule has 106 valence electrons. The van der Waals surface area contributed by atoms with E-state index in [0.29, 0.717) is 0 Å². The Bertz CT molecular complexity index is 657. The number of fused-ring (bicyclic) bond motifs is 1. The van der Waals surface area contributed by atoms with Gasteiger partial charge in [-0.15, -0.1) is 0 Å². The second-order valence-electron chi connectivity index (χ2n) is 5.24. The second-order valence-corrected chi connectivity index (χ2v) is 5.24. The van der Waals surface area contributed by atoms with Gasteiger partial charge in [0.1, 0.15) is 0 Å². The summed E-state index contributed by atoms with van der Waals surface area (Å²) in [6, 6.07) is 7.82. The number of rotatable bonds is 3. The molecule has 2 aromatic rings. The third-order valence-corrected chi connectivity index (χ3v) is 3.76. The van der Waals surface area contributed by atoms with Crippen molar-refractivity contribution in [2.75, 3.05) is 31.2 Å². The minimum Gasteiger partial charge on any atom is -0.378 e. The zero-order valence-electron chi connectivity index (χ0n) is 11.8. The number of morpholine rings is 1. The lowest BCUT2D eigenvalue weighted by atomic mass is 10.1. The van der Waals surface area contributed by atoms with E-state index in [1.165, 1.54) is 0 Å². The monoisotopic (exact) mass is 272 g/mol. The molecule has 4 heteroatoms. The molecule has 2 heterocycles. The van der Waals surface area contributed by atoms with E-state index in [0.717, 1.165) is 61.4 Å². The van der Waals surface area contributed by atoms with Crippen LogP contribution in [0.4, 0.5) is 5.69 Å². The number of ether oxygens (including phenoxy) is 1. The van der Waals surface area contributed by atoms with Gasteiger partial charge in [-0.05, 0) is 24.6 Å². The number of pyridine rings is 1. The molecule has 1 N–H and O–H groups in total. The molecule has 0 saturated carbocycles. The van der Waals surface area contributed by atoms with E-state index >= 15 is 0 Å². The molecule has 1 aromatic heterocycles. The van der Waals surface area contributed by atoms with E-state index in [1.54, 1.807) is 6.07 Å². The van der Waals surface area contributed by atoms with Crippen LogP contribution in [0.5, 0.6) is 0 Å². The highest BCUT2D eigenvalue weighted by atomic mass is 16.5. The summed E-state index contributed by atoms with van der Waals surface area (Å²) in [4.78, 5) is 17.9. The Kier molecular flexibility index (Phi) is 3.74. The average Bonchev–Trinajstić information content (AvgIpc) is 2.48. The van der Waals surface area contributed by atoms with Gasteiger partial charge >= 0.3 is 0 Å². The maximum Gasteiger partial charge on any atom is 0.189 e. The molecule has 3 rings (SSSR count). The van der Waals surface area contributed by atoms with Gasteiger partial charge in [0.05, 0.1) is 13.2 Å². The van der Waals surface area contributed by atoms with Crippen LogP contribution in [-0.4, -0.2) is 31.3 Å². The lowest BCUT2D eigenvalue weighted by Gasteiger charge is -2.29. The molecule has 0 atom stereocenters. The molecule has 1 aliphatic rings. The Morgan fingerprint density at radius 2 is 2.05 bits per heavy atom. The first-order valence-electron chi connectivity index (χ1n) is 7.26. The number of nitrogens with one attached hydrogen (secondary N) is 1. The van der Waals surface area contributed by atoms with E-state index < -0.39 is 0 Å². The first-order chi connectivity index (χ1) is 9.78. The second kappa shape index (κ2) is 5.67. The topological polar surface area (TPSA) is 45.3 Å². The molecule has 4 nitrogen and oxygen atoms in total. The smallest absolute Gasteiger partial charge is 0.189 e. The minimum absolute atomic E-state index is 0.109. The van der Waals surface area contributed by atoms with Gasteiger partial charge in [-0.25, -0.2) is 0 Å². The number of hydrogen-bond acceptors (Lipinski definition) is 3. The van der Waals surface area contributed by atoms with Gasteiger partial charge in [-0.2, -0.15) is 0 Å². The molecular formula is C16H20N2O2. The van der Waals surface area contributed by atoms with Gasteiger partial charge in [0.15, 0.2) is 5.43 Å². The molecule has 1 saturated heterocycles. The van der Waals surface area contributed by atoms with Crippen LogP contribution in [0.3, 0.4) is 0 Å². The van der Waals surface area contributed by atoms with E-state index in [9.17, 15) is 4.79 Å². The number of H-pyrrole nitrogens is 1. The van der Waals surface area contributed by atoms with Gasteiger partial charge in [0.25, 0.3) is 0 Å². The molecule has 0 spiro atoms. The van der Waals surface area contributed by atoms with Crippen LogP contribution in [0.2, 0.25) is 0 Å². The summed E-state index contributed by atoms with van der Waals surface area (Å²) in [6.07, 6.45) is 1.95. The highest BCUT2D eigenvalue weighted by Gasteiger charge is 2.12. The first kappa shape index (κ1) is 13.2. The van der Waals surface area contributed by atoms with Gasteiger partial charge in [-0.3, -0.25) is 4.79 Å². The van der Waals surface area contributed by atoms with Crippen LogP contribution >= 0.6 is 0 Å². The van der Waals surface area contributed by atoms with Crippen LogP contribution in [0, 0.1) is 0 Å². The van der Waals surface area contributed by atoms with Gasteiger partial charge in [0, 0.05) is 41.4 Å². The van der Waals surface area contributed by atoms with Crippen LogP contribution in [0.25, 0.3) is 10.9 Å². The van der Waals surface area contributed by atoms with Crippen molar-refractivity contribution in [1.82, 2.24) is 4.98 Å². The fourth-order valence-electron chi connectivity index (χ4n) is 2.71. The van der Waals surface area contributed by atoms with E-state index in [2.05, 4.69) is 22.9 Å². The van der Waals surface area contributed by atoms with Crippen molar-refractivity contribution >= 4 is 16.6 Å². The molecule has 1 aliphatic heterocycles. The molecule has 0 bridgehead atoms. The maximum absolute atomic E-state index is 12.2. The largest absolute Gasteiger partial charge is 0.378 e. The van der Waals surface area contributed by atoms with Gasteiger partial charge in [-0.1, -0.05) is 13.3 Å². The van der Waals surface area contributed by atoms with Crippen molar-refractivity contribution in [2.45, 2.75) is 19.8 Å². The van der Waals surface area contributed by atoms with Crippen molar-refractivity contribution in [3.63, 3.8) is 0 Å². The number of aromatic nitrogens is 1. The number of anilines is 1. The van der Waals surface area contributed by atoms with Crippen molar-refractivity contribution in [1.29, 1.82) is 0 Å². The van der Waals surface area contributed by atoms with Gasteiger partial charge in [0.2, 0.25) is 0 Å². The normalized spacial score (nSPS) is 15.8. The molecule has 0 aliphatic carbocycles. The van der Waals surface area contributed by atoms with E-state index in [-0.39, 0.29) is 5.43 Å². The number of aryl methyl sites for hydroxylation is 1. The molecule has 0 radical (unpaired) electrons. The standard InChI is InChI=1S/C16H20N2O2/c1-2-3-12-10-16(19)14-11-13(4-5-15(14)17-12)18-6-8-20-9-7-18/h4-5,10-11H,2-3,6-9H2,1H3,(H,17,19). The predicted molar refractivity (Wildman–Crippen MR) is 81.6 cm³/mol. The fourth-order valence-corrected chi connectivity index (χ4v) is 2.71. The van der Waals surface area contributed by atoms with Crippen molar-refractivity contribution in [3.05, 3.63) is 40.2 Å². The number of aromatic amines is 1. The van der Waals surface area contributed by atoms with E-state index in [1.807, 2.05) is 12.1 Å². The minimum atomic E-state index is 0.109. The summed E-state index contributed by atoms with van der Waals surface area (Å²) in [5.41, 5.74) is 3.16. The summed E-state index contributed by atoms with van der Waals surface area (Å²) in [5, 5.41) is 0.772. The van der Waals surface area contributed by atoms with Crippen LogP contribution in [-0.2, 0) is 11.2 Å². The Morgan fingerprint density at radius 3 is 2.80 bits per heavy atom. The Morgan fingerprint density at radius 1 is 1.25 bits per heavy atom. The summed E-state index contributed by atoms with van der Waals surface area (Å²) in [5.74, 6) is 0. The molecule has 0 amide bonds. The summed E-state index contributed by atoms with van der Waals surface area (Å²) < 4.78 is 5.37. The molecule has 1 aromatic carbocycles. The van der Waals surface area contributed by atoms with E-state index in [4.69, 9.17) is 4.74 Å². The highest BCUT2D eigenvalue weighted by Crippen LogP contribution is 2.20. The summed E-state index contributed by atoms with van der Waals surface area (Å²) in [7, 11) is 0. The Hall–Kier alpha value is -1.81. The average molecular weight is 272 g/mol. The van der Waals surface area contributed by atoms with Crippen molar-refractivity contribution in [2.24, 2.45) is 0 Å². The zero-order valence-corrected chi connectivity index (χ0v) is 11.8. The fraction of sp³-hybridized carbons (Fsp3) is 0.438. The number of benzene rings is 1. The van der Waals surface area contributed by atoms with Crippen LogP contribution in [0.15, 0.2) is 29.1 Å². The third-order valence-electron chi connectivity index (χ3n) is 3.76. The molecule has 20 heavy (non-hydrogen) atoms. The lowest BCUT2D eigenvalue weighted by Crippen LogP contribution is -2.36. The SMILES string of the molecule is CCCc1cc(=O)c2cc(N3CCOCC3)ccc2[nH]1. The number of hydrogen-bond donors (Lipinski definition) is 1. The van der Waals surface area contributed by atoms with Gasteiger partial charge < -0.3 is 14.6 Å². The van der Waals surface area contributed by atoms with Crippen LogP contribution in [0.1, 0.15) is 19.0 Å². The lowest BCUT2D eigenvalue weighted by molar-refractivity contribution is 0.122. The quantitative estimate of drug-likeness (QED) is 0.932.